The van der Waals surface area contributed by atoms with Crippen LogP contribution < -0.4 is 20.9 Å². The molecule has 3 aromatic carbocycles. The van der Waals surface area contributed by atoms with Gasteiger partial charge in [-0.25, -0.2) is 0 Å². The number of hydrogen-bond acceptors (Lipinski definition) is 4. The summed E-state index contributed by atoms with van der Waals surface area (Å²) in [6.07, 6.45) is 0. The van der Waals surface area contributed by atoms with Crippen LogP contribution in [-0.4, -0.2) is 25.9 Å². The summed E-state index contributed by atoms with van der Waals surface area (Å²) >= 11 is 0. The van der Waals surface area contributed by atoms with Crippen LogP contribution in [0.5, 0.6) is 0 Å². The molecule has 0 unspecified atom stereocenters. The van der Waals surface area contributed by atoms with Gasteiger partial charge in [-0.2, -0.15) is 0 Å². The summed E-state index contributed by atoms with van der Waals surface area (Å²) in [6.45, 7) is 4.59. The molecule has 1 heterocycles. The average Bonchev–Trinajstić information content (AvgIpc) is 2.91. The van der Waals surface area contributed by atoms with Crippen LogP contribution in [0.25, 0.3) is 0 Å². The van der Waals surface area contributed by atoms with E-state index in [2.05, 4.69) is 16.0 Å². The highest BCUT2D eigenvalue weighted by Crippen LogP contribution is 2.38. The topological polar surface area (TPSA) is 73.5 Å². The summed E-state index contributed by atoms with van der Waals surface area (Å²) in [5.41, 5.74) is 6.53. The zero-order chi connectivity index (χ0) is 26.4. The van der Waals surface area contributed by atoms with E-state index in [4.69, 9.17) is 0 Å². The Kier molecular flexibility index (Phi) is 8.08. The summed E-state index contributed by atoms with van der Waals surface area (Å²) < 4.78 is 0. The van der Waals surface area contributed by atoms with Crippen molar-refractivity contribution < 1.29 is 9.59 Å². The first kappa shape index (κ1) is 25.8. The largest absolute Gasteiger partial charge is 0.378 e. The number of nitrogens with one attached hydrogen (secondary N) is 3. The fourth-order valence-electron chi connectivity index (χ4n) is 4.64. The van der Waals surface area contributed by atoms with Crippen LogP contribution in [0, 0.1) is 0 Å². The molecule has 4 rings (SSSR count). The van der Waals surface area contributed by atoms with Crippen LogP contribution in [0.1, 0.15) is 36.5 Å². The van der Waals surface area contributed by atoms with E-state index >= 15 is 0 Å². The Morgan fingerprint density at radius 2 is 1.14 bits per heavy atom. The molecule has 0 radical (unpaired) electrons. The molecular formula is C31H34N4O2. The minimum atomic E-state index is -0.510. The van der Waals surface area contributed by atoms with Gasteiger partial charge in [0.1, 0.15) is 0 Å². The predicted molar refractivity (Wildman–Crippen MR) is 149 cm³/mol. The van der Waals surface area contributed by atoms with Crippen LogP contribution in [0.3, 0.4) is 0 Å². The van der Waals surface area contributed by atoms with Gasteiger partial charge in [-0.15, -0.1) is 0 Å². The maximum Gasteiger partial charge on any atom is 0.250 e. The van der Waals surface area contributed by atoms with Gasteiger partial charge in [0.2, 0.25) is 11.8 Å². The molecule has 3 N–H and O–H groups in total. The van der Waals surface area contributed by atoms with Gasteiger partial charge in [-0.3, -0.25) is 9.59 Å². The molecule has 3 aromatic rings. The van der Waals surface area contributed by atoms with E-state index in [0.29, 0.717) is 24.2 Å². The maximum atomic E-state index is 13.6. The molecule has 0 aliphatic carbocycles. The number of anilines is 1. The quantitative estimate of drug-likeness (QED) is 0.427. The van der Waals surface area contributed by atoms with Crippen LogP contribution in [-0.2, 0) is 22.7 Å². The van der Waals surface area contributed by atoms with Gasteiger partial charge >= 0.3 is 0 Å². The van der Waals surface area contributed by atoms with E-state index in [1.165, 1.54) is 0 Å². The molecule has 190 valence electrons. The van der Waals surface area contributed by atoms with Crippen molar-refractivity contribution in [2.24, 2.45) is 0 Å². The number of allylic oxidation sites excluding steroid dienone is 2. The van der Waals surface area contributed by atoms with Crippen molar-refractivity contribution >= 4 is 17.5 Å². The zero-order valence-corrected chi connectivity index (χ0v) is 21.8. The second-order valence-corrected chi connectivity index (χ2v) is 9.46. The smallest absolute Gasteiger partial charge is 0.250 e. The maximum absolute atomic E-state index is 13.6. The van der Waals surface area contributed by atoms with Gasteiger partial charge < -0.3 is 20.9 Å². The molecule has 37 heavy (non-hydrogen) atoms. The number of hydrogen-bond donors (Lipinski definition) is 3. The average molecular weight is 495 g/mol. The molecule has 0 spiro atoms. The summed E-state index contributed by atoms with van der Waals surface area (Å²) in [6, 6.07) is 27.6. The molecular weight excluding hydrogens is 460 g/mol. The molecule has 0 saturated heterocycles. The standard InChI is InChI=1S/C31H34N4O2/c1-21-27(30(36)32-19-23-11-7-5-8-12-23)29(25-15-17-26(18-16-25)35(3)4)28(22(2)34-21)31(37)33-20-24-13-9-6-10-14-24/h5-18,29,34H,19-20H2,1-4H3,(H,32,36)(H,33,37). The zero-order valence-electron chi connectivity index (χ0n) is 21.8. The van der Waals surface area contributed by atoms with Gasteiger partial charge in [0.05, 0.1) is 0 Å². The number of rotatable bonds is 8. The van der Waals surface area contributed by atoms with Crippen molar-refractivity contribution in [1.29, 1.82) is 0 Å². The van der Waals surface area contributed by atoms with E-state index in [9.17, 15) is 9.59 Å². The molecule has 0 aromatic heterocycles. The number of carbonyl (C=O) groups is 2. The summed E-state index contributed by atoms with van der Waals surface area (Å²) in [5, 5.41) is 9.42. The van der Waals surface area contributed by atoms with Gasteiger partial charge in [-0.1, -0.05) is 72.8 Å². The van der Waals surface area contributed by atoms with E-state index in [1.54, 1.807) is 0 Å². The molecule has 6 nitrogen and oxygen atoms in total. The lowest BCUT2D eigenvalue weighted by atomic mass is 9.79. The van der Waals surface area contributed by atoms with E-state index in [-0.39, 0.29) is 11.8 Å². The van der Waals surface area contributed by atoms with Crippen LogP contribution in [0.4, 0.5) is 5.69 Å². The first-order chi connectivity index (χ1) is 17.8. The second-order valence-electron chi connectivity index (χ2n) is 9.46. The molecule has 0 bridgehead atoms. The molecule has 1 aliphatic rings. The minimum Gasteiger partial charge on any atom is -0.378 e. The third-order valence-corrected chi connectivity index (χ3v) is 6.58. The Morgan fingerprint density at radius 1 is 0.703 bits per heavy atom. The summed E-state index contributed by atoms with van der Waals surface area (Å²) in [4.78, 5) is 29.3. The highest BCUT2D eigenvalue weighted by atomic mass is 16.2. The molecule has 0 atom stereocenters. The van der Waals surface area contributed by atoms with E-state index in [0.717, 1.165) is 33.8 Å². The Hall–Kier alpha value is -4.32. The van der Waals surface area contributed by atoms with Crippen molar-refractivity contribution in [3.63, 3.8) is 0 Å². The predicted octanol–water partition coefficient (Wildman–Crippen LogP) is 4.62. The first-order valence-electron chi connectivity index (χ1n) is 12.4. The SMILES string of the molecule is CC1=C(C(=O)NCc2ccccc2)C(c2ccc(N(C)C)cc2)C(C(=O)NCc2ccccc2)=C(C)N1. The fraction of sp³-hybridized carbons (Fsp3) is 0.226. The van der Waals surface area contributed by atoms with Crippen molar-refractivity contribution in [1.82, 2.24) is 16.0 Å². The third kappa shape index (κ3) is 6.09. The van der Waals surface area contributed by atoms with Gasteiger partial charge in [0.25, 0.3) is 0 Å². The minimum absolute atomic E-state index is 0.198. The van der Waals surface area contributed by atoms with E-state index in [1.807, 2.05) is 118 Å². The lowest BCUT2D eigenvalue weighted by Gasteiger charge is -2.31. The van der Waals surface area contributed by atoms with Crippen LogP contribution in [0.2, 0.25) is 0 Å². The molecule has 1 aliphatic heterocycles. The Labute approximate surface area is 219 Å². The lowest BCUT2D eigenvalue weighted by Crippen LogP contribution is -2.38. The van der Waals surface area contributed by atoms with Gasteiger partial charge in [0, 0.05) is 61.3 Å². The lowest BCUT2D eigenvalue weighted by molar-refractivity contribution is -0.118. The Balaban J connectivity index is 1.67. The van der Waals surface area contributed by atoms with Crippen molar-refractivity contribution in [3.8, 4) is 0 Å². The summed E-state index contributed by atoms with van der Waals surface area (Å²) in [5.74, 6) is -0.906. The Morgan fingerprint density at radius 3 is 1.54 bits per heavy atom. The van der Waals surface area contributed by atoms with Gasteiger partial charge in [0.15, 0.2) is 0 Å². The number of benzene rings is 3. The highest BCUT2D eigenvalue weighted by molar-refractivity contribution is 6.03. The van der Waals surface area contributed by atoms with Crippen molar-refractivity contribution in [3.05, 3.63) is 124 Å². The van der Waals surface area contributed by atoms with Gasteiger partial charge in [-0.05, 0) is 42.7 Å². The van der Waals surface area contributed by atoms with Crippen molar-refractivity contribution in [2.45, 2.75) is 32.9 Å². The molecule has 0 saturated carbocycles. The van der Waals surface area contributed by atoms with Crippen LogP contribution >= 0.6 is 0 Å². The number of amides is 2. The number of dihydropyridines is 1. The number of carbonyl (C=O) groups excluding carboxylic acids is 2. The molecule has 2 amide bonds. The normalized spacial score (nSPS) is 13.7. The Bertz CT molecular complexity index is 1230. The third-order valence-electron chi connectivity index (χ3n) is 6.58. The molecule has 6 heteroatoms. The van der Waals surface area contributed by atoms with Crippen molar-refractivity contribution in [2.75, 3.05) is 19.0 Å². The fourth-order valence-corrected chi connectivity index (χ4v) is 4.64. The molecule has 0 fully saturated rings. The number of nitrogens with zero attached hydrogens (tertiary/aromatic N) is 1. The second kappa shape index (κ2) is 11.6. The highest BCUT2D eigenvalue weighted by Gasteiger charge is 2.36. The monoisotopic (exact) mass is 494 g/mol. The van der Waals surface area contributed by atoms with E-state index < -0.39 is 5.92 Å². The van der Waals surface area contributed by atoms with Crippen LogP contribution in [0.15, 0.2) is 107 Å². The summed E-state index contributed by atoms with van der Waals surface area (Å²) in [7, 11) is 3.97. The first-order valence-corrected chi connectivity index (χ1v) is 12.4.